The Balaban J connectivity index is 3.26. The summed E-state index contributed by atoms with van der Waals surface area (Å²) in [5.41, 5.74) is -0.132. The Morgan fingerprint density at radius 2 is 2.16 bits per heavy atom. The molecular formula is C12H14ClNO4S. The SMILES string of the molecule is C=CCN(CC)S(=O)(=O)c1ccc(C(=O)O)c(Cl)c1. The van der Waals surface area contributed by atoms with Crippen LogP contribution in [0.5, 0.6) is 0 Å². The van der Waals surface area contributed by atoms with E-state index in [1.165, 1.54) is 22.5 Å². The average Bonchev–Trinajstić information content (AvgIpc) is 2.34. The summed E-state index contributed by atoms with van der Waals surface area (Å²) in [7, 11) is -3.69. The number of aromatic carboxylic acids is 1. The molecule has 1 aromatic carbocycles. The Morgan fingerprint density at radius 1 is 1.53 bits per heavy atom. The number of nitrogens with zero attached hydrogens (tertiary/aromatic N) is 1. The largest absolute Gasteiger partial charge is 0.478 e. The Hall–Kier alpha value is -1.37. The molecule has 0 aromatic heterocycles. The van der Waals surface area contributed by atoms with E-state index in [-0.39, 0.29) is 28.6 Å². The lowest BCUT2D eigenvalue weighted by Gasteiger charge is -2.19. The third-order valence-corrected chi connectivity index (χ3v) is 4.74. The van der Waals surface area contributed by atoms with Crippen molar-refractivity contribution in [2.24, 2.45) is 0 Å². The normalized spacial score (nSPS) is 11.5. The lowest BCUT2D eigenvalue weighted by Crippen LogP contribution is -2.31. The van der Waals surface area contributed by atoms with Crippen LogP contribution >= 0.6 is 11.6 Å². The van der Waals surface area contributed by atoms with Gasteiger partial charge in [-0.2, -0.15) is 4.31 Å². The molecule has 0 amide bonds. The van der Waals surface area contributed by atoms with Crippen LogP contribution in [0.4, 0.5) is 0 Å². The molecule has 0 aliphatic carbocycles. The van der Waals surface area contributed by atoms with Gasteiger partial charge in [0.15, 0.2) is 0 Å². The number of likely N-dealkylation sites (N-methyl/N-ethyl adjacent to an activating group) is 1. The van der Waals surface area contributed by atoms with E-state index in [4.69, 9.17) is 16.7 Å². The molecule has 0 saturated heterocycles. The molecule has 0 saturated carbocycles. The number of benzene rings is 1. The van der Waals surface area contributed by atoms with E-state index < -0.39 is 16.0 Å². The molecule has 0 bridgehead atoms. The first-order valence-electron chi connectivity index (χ1n) is 5.48. The fraction of sp³-hybridized carbons (Fsp3) is 0.250. The smallest absolute Gasteiger partial charge is 0.337 e. The Morgan fingerprint density at radius 3 is 2.58 bits per heavy atom. The van der Waals surface area contributed by atoms with Gasteiger partial charge in [0.2, 0.25) is 10.0 Å². The monoisotopic (exact) mass is 303 g/mol. The van der Waals surface area contributed by atoms with Gasteiger partial charge in [-0.3, -0.25) is 0 Å². The first kappa shape index (κ1) is 15.7. The van der Waals surface area contributed by atoms with Gasteiger partial charge in [0, 0.05) is 13.1 Å². The van der Waals surface area contributed by atoms with Crippen molar-refractivity contribution < 1.29 is 18.3 Å². The van der Waals surface area contributed by atoms with Crippen LogP contribution in [-0.2, 0) is 10.0 Å². The topological polar surface area (TPSA) is 74.7 Å². The van der Waals surface area contributed by atoms with Crippen LogP contribution in [0.2, 0.25) is 5.02 Å². The molecule has 0 fully saturated rings. The molecule has 1 N–H and O–H groups in total. The van der Waals surface area contributed by atoms with Gasteiger partial charge in [0.05, 0.1) is 15.5 Å². The molecule has 1 rings (SSSR count). The van der Waals surface area contributed by atoms with Crippen molar-refractivity contribution in [1.82, 2.24) is 4.31 Å². The van der Waals surface area contributed by atoms with Crippen molar-refractivity contribution in [1.29, 1.82) is 0 Å². The van der Waals surface area contributed by atoms with E-state index in [9.17, 15) is 13.2 Å². The summed E-state index contributed by atoms with van der Waals surface area (Å²) >= 11 is 5.77. The third-order valence-electron chi connectivity index (χ3n) is 2.49. The molecule has 5 nitrogen and oxygen atoms in total. The quantitative estimate of drug-likeness (QED) is 0.818. The minimum absolute atomic E-state index is 0.0359. The van der Waals surface area contributed by atoms with E-state index in [0.29, 0.717) is 0 Å². The standard InChI is InChI=1S/C12H14ClNO4S/c1-3-7-14(4-2)19(17,18)9-5-6-10(12(15)16)11(13)8-9/h3,5-6,8H,1,4,7H2,2H3,(H,15,16). The molecule has 0 radical (unpaired) electrons. The van der Waals surface area contributed by atoms with Crippen LogP contribution in [0, 0.1) is 0 Å². The molecular weight excluding hydrogens is 290 g/mol. The number of rotatable bonds is 6. The van der Waals surface area contributed by atoms with Crippen LogP contribution in [0.15, 0.2) is 35.7 Å². The summed E-state index contributed by atoms with van der Waals surface area (Å²) < 4.78 is 25.7. The Labute approximate surface area is 117 Å². The first-order chi connectivity index (χ1) is 8.84. The maximum atomic E-state index is 12.3. The highest BCUT2D eigenvalue weighted by Crippen LogP contribution is 2.23. The predicted molar refractivity (Wildman–Crippen MR) is 73.0 cm³/mol. The zero-order valence-electron chi connectivity index (χ0n) is 10.3. The molecule has 0 atom stereocenters. The summed E-state index contributed by atoms with van der Waals surface area (Å²) in [4.78, 5) is 10.8. The van der Waals surface area contributed by atoms with Crippen LogP contribution < -0.4 is 0 Å². The molecule has 0 heterocycles. The highest BCUT2D eigenvalue weighted by molar-refractivity contribution is 7.89. The molecule has 104 valence electrons. The van der Waals surface area contributed by atoms with Gasteiger partial charge in [0.1, 0.15) is 0 Å². The second kappa shape index (κ2) is 6.18. The molecule has 0 unspecified atom stereocenters. The number of hydrogen-bond donors (Lipinski definition) is 1. The summed E-state index contributed by atoms with van der Waals surface area (Å²) in [5.74, 6) is -1.20. The van der Waals surface area contributed by atoms with Crippen LogP contribution in [0.1, 0.15) is 17.3 Å². The number of carbonyl (C=O) groups is 1. The third kappa shape index (κ3) is 3.34. The van der Waals surface area contributed by atoms with E-state index in [1.54, 1.807) is 6.92 Å². The van der Waals surface area contributed by atoms with E-state index >= 15 is 0 Å². The number of carboxylic acids is 1. The molecule has 0 aliphatic heterocycles. The van der Waals surface area contributed by atoms with Gasteiger partial charge in [-0.1, -0.05) is 24.6 Å². The number of sulfonamides is 1. The van der Waals surface area contributed by atoms with Crippen LogP contribution in [0.3, 0.4) is 0 Å². The van der Waals surface area contributed by atoms with Gasteiger partial charge in [-0.15, -0.1) is 6.58 Å². The highest BCUT2D eigenvalue weighted by atomic mass is 35.5. The van der Waals surface area contributed by atoms with Crippen molar-refractivity contribution >= 4 is 27.6 Å². The first-order valence-corrected chi connectivity index (χ1v) is 7.30. The van der Waals surface area contributed by atoms with Crippen molar-refractivity contribution in [2.75, 3.05) is 13.1 Å². The van der Waals surface area contributed by atoms with Crippen molar-refractivity contribution in [3.63, 3.8) is 0 Å². The minimum atomic E-state index is -3.69. The Bertz CT molecular complexity index is 598. The average molecular weight is 304 g/mol. The van der Waals surface area contributed by atoms with Gasteiger partial charge < -0.3 is 5.11 Å². The maximum Gasteiger partial charge on any atom is 0.337 e. The minimum Gasteiger partial charge on any atom is -0.478 e. The maximum absolute atomic E-state index is 12.3. The fourth-order valence-electron chi connectivity index (χ4n) is 1.52. The van der Waals surface area contributed by atoms with Gasteiger partial charge in [-0.25, -0.2) is 13.2 Å². The molecule has 0 spiro atoms. The van der Waals surface area contributed by atoms with Crippen molar-refractivity contribution in [3.05, 3.63) is 41.4 Å². The second-order valence-electron chi connectivity index (χ2n) is 3.69. The molecule has 19 heavy (non-hydrogen) atoms. The number of carboxylic acid groups (broad SMARTS) is 1. The van der Waals surface area contributed by atoms with Gasteiger partial charge in [-0.05, 0) is 18.2 Å². The second-order valence-corrected chi connectivity index (χ2v) is 6.04. The van der Waals surface area contributed by atoms with Crippen LogP contribution in [-0.4, -0.2) is 36.9 Å². The van der Waals surface area contributed by atoms with E-state index in [1.807, 2.05) is 0 Å². The number of hydrogen-bond acceptors (Lipinski definition) is 3. The summed E-state index contributed by atoms with van der Waals surface area (Å²) in [5, 5.41) is 8.73. The molecule has 7 heteroatoms. The zero-order valence-corrected chi connectivity index (χ0v) is 11.9. The lowest BCUT2D eigenvalue weighted by atomic mass is 10.2. The number of halogens is 1. The van der Waals surface area contributed by atoms with Crippen LogP contribution in [0.25, 0.3) is 0 Å². The van der Waals surface area contributed by atoms with Crippen molar-refractivity contribution in [2.45, 2.75) is 11.8 Å². The fourth-order valence-corrected chi connectivity index (χ4v) is 3.29. The highest BCUT2D eigenvalue weighted by Gasteiger charge is 2.23. The lowest BCUT2D eigenvalue weighted by molar-refractivity contribution is 0.0697. The Kier molecular flexibility index (Phi) is 5.11. The van der Waals surface area contributed by atoms with Gasteiger partial charge >= 0.3 is 5.97 Å². The predicted octanol–water partition coefficient (Wildman–Crippen LogP) is 2.23. The molecule has 1 aromatic rings. The van der Waals surface area contributed by atoms with E-state index in [0.717, 1.165) is 6.07 Å². The van der Waals surface area contributed by atoms with Gasteiger partial charge in [0.25, 0.3) is 0 Å². The van der Waals surface area contributed by atoms with Crippen molar-refractivity contribution in [3.8, 4) is 0 Å². The summed E-state index contributed by atoms with van der Waals surface area (Å²) in [6, 6.07) is 3.56. The zero-order chi connectivity index (χ0) is 14.6. The molecule has 0 aliphatic rings. The summed E-state index contributed by atoms with van der Waals surface area (Å²) in [6.07, 6.45) is 1.48. The summed E-state index contributed by atoms with van der Waals surface area (Å²) in [6.45, 7) is 5.67. The van der Waals surface area contributed by atoms with E-state index in [2.05, 4.69) is 6.58 Å².